The van der Waals surface area contributed by atoms with Gasteiger partial charge in [0.1, 0.15) is 36.6 Å². The van der Waals surface area contributed by atoms with Crippen molar-refractivity contribution in [2.45, 2.75) is 36.6 Å². The summed E-state index contributed by atoms with van der Waals surface area (Å²) in [5, 5.41) is 37.9. The summed E-state index contributed by atoms with van der Waals surface area (Å²) in [5.74, 6) is 0. The van der Waals surface area contributed by atoms with E-state index in [1.165, 1.54) is 14.2 Å². The first-order valence-corrected chi connectivity index (χ1v) is 4.32. The second kappa shape index (κ2) is 4.52. The van der Waals surface area contributed by atoms with Gasteiger partial charge in [-0.05, 0) is 0 Å². The fourth-order valence-electron chi connectivity index (χ4n) is 1.74. The summed E-state index contributed by atoms with van der Waals surface area (Å²) in [6.07, 6.45) is -7.11. The van der Waals surface area contributed by atoms with E-state index in [0.29, 0.717) is 0 Å². The highest BCUT2D eigenvalue weighted by atomic mass is 16.5. The van der Waals surface area contributed by atoms with E-state index in [4.69, 9.17) is 9.47 Å². The zero-order chi connectivity index (χ0) is 10.9. The molecular formula is C8H16O6. The molecule has 0 amide bonds. The Kier molecular flexibility index (Phi) is 3.82. The molecule has 0 radical (unpaired) electrons. The van der Waals surface area contributed by atoms with Crippen molar-refractivity contribution in [2.24, 2.45) is 0 Å². The Balaban J connectivity index is 2.82. The van der Waals surface area contributed by atoms with Crippen molar-refractivity contribution in [2.75, 3.05) is 14.2 Å². The summed E-state index contributed by atoms with van der Waals surface area (Å²) < 4.78 is 9.63. The molecular weight excluding hydrogens is 192 g/mol. The molecule has 1 rings (SSSR count). The summed E-state index contributed by atoms with van der Waals surface area (Å²) in [6.45, 7) is 0. The van der Waals surface area contributed by atoms with Crippen molar-refractivity contribution in [3.05, 3.63) is 0 Å². The molecule has 0 spiro atoms. The Morgan fingerprint density at radius 3 is 1.29 bits per heavy atom. The molecule has 0 bridgehead atoms. The lowest BCUT2D eigenvalue weighted by molar-refractivity contribution is -0.235. The SMILES string of the molecule is CO[C@@H]1C(O)[C@@H](OC)[C@H](O)C(O)[C@H]1O. The molecule has 0 unspecified atom stereocenters. The van der Waals surface area contributed by atoms with Crippen LogP contribution in [0.4, 0.5) is 0 Å². The molecule has 1 aliphatic carbocycles. The molecule has 4 atom stereocenters. The van der Waals surface area contributed by atoms with Gasteiger partial charge in [0, 0.05) is 14.2 Å². The average molecular weight is 208 g/mol. The van der Waals surface area contributed by atoms with Crippen LogP contribution >= 0.6 is 0 Å². The Bertz CT molecular complexity index is 169. The number of rotatable bonds is 2. The number of hydrogen-bond acceptors (Lipinski definition) is 6. The standard InChI is InChI=1S/C8H16O6/c1-13-7-4(10)3(9)5(11)8(14-2)6(7)12/h3-12H,1-2H3/t3?,4-,5-,6?,7+,8+/m1/s1. The molecule has 1 saturated carbocycles. The molecule has 4 N–H and O–H groups in total. The Morgan fingerprint density at radius 2 is 1.00 bits per heavy atom. The first-order chi connectivity index (χ1) is 6.54. The molecule has 0 aromatic rings. The highest BCUT2D eigenvalue weighted by molar-refractivity contribution is 4.99. The van der Waals surface area contributed by atoms with Gasteiger partial charge in [0.25, 0.3) is 0 Å². The third kappa shape index (κ3) is 1.77. The minimum Gasteiger partial charge on any atom is -0.387 e. The van der Waals surface area contributed by atoms with E-state index in [1.54, 1.807) is 0 Å². The normalized spacial score (nSPS) is 49.3. The highest BCUT2D eigenvalue weighted by Crippen LogP contribution is 2.24. The van der Waals surface area contributed by atoms with Crippen LogP contribution in [0.5, 0.6) is 0 Å². The summed E-state index contributed by atoms with van der Waals surface area (Å²) in [7, 11) is 2.60. The van der Waals surface area contributed by atoms with Gasteiger partial charge in [-0.1, -0.05) is 0 Å². The van der Waals surface area contributed by atoms with Gasteiger partial charge in [0.15, 0.2) is 0 Å². The minimum absolute atomic E-state index is 0.960. The van der Waals surface area contributed by atoms with Crippen LogP contribution in [0.25, 0.3) is 0 Å². The highest BCUT2D eigenvalue weighted by Gasteiger charge is 2.49. The topological polar surface area (TPSA) is 99.4 Å². The van der Waals surface area contributed by atoms with E-state index in [9.17, 15) is 20.4 Å². The Morgan fingerprint density at radius 1 is 0.643 bits per heavy atom. The van der Waals surface area contributed by atoms with Gasteiger partial charge in [0.2, 0.25) is 0 Å². The third-order valence-electron chi connectivity index (χ3n) is 2.59. The first-order valence-electron chi connectivity index (χ1n) is 4.32. The molecule has 84 valence electrons. The number of aliphatic hydroxyl groups excluding tert-OH is 4. The van der Waals surface area contributed by atoms with Gasteiger partial charge in [-0.2, -0.15) is 0 Å². The Labute approximate surface area is 81.7 Å². The van der Waals surface area contributed by atoms with E-state index in [1.807, 2.05) is 0 Å². The molecule has 0 heterocycles. The van der Waals surface area contributed by atoms with Gasteiger partial charge < -0.3 is 29.9 Å². The molecule has 0 aromatic heterocycles. The van der Waals surface area contributed by atoms with Crippen LogP contribution in [0.1, 0.15) is 0 Å². The summed E-state index contributed by atoms with van der Waals surface area (Å²) >= 11 is 0. The first kappa shape index (κ1) is 11.8. The molecule has 1 aliphatic rings. The molecule has 6 heteroatoms. The fourth-order valence-corrected chi connectivity index (χ4v) is 1.74. The van der Waals surface area contributed by atoms with Crippen LogP contribution in [0.3, 0.4) is 0 Å². The smallest absolute Gasteiger partial charge is 0.114 e. The zero-order valence-electron chi connectivity index (χ0n) is 8.07. The lowest BCUT2D eigenvalue weighted by Crippen LogP contribution is -2.64. The second-order valence-electron chi connectivity index (χ2n) is 3.36. The van der Waals surface area contributed by atoms with Crippen molar-refractivity contribution >= 4 is 0 Å². The largest absolute Gasteiger partial charge is 0.387 e. The van der Waals surface area contributed by atoms with Crippen molar-refractivity contribution in [1.29, 1.82) is 0 Å². The fraction of sp³-hybridized carbons (Fsp3) is 1.00. The van der Waals surface area contributed by atoms with Crippen molar-refractivity contribution < 1.29 is 29.9 Å². The molecule has 0 aliphatic heterocycles. The van der Waals surface area contributed by atoms with Crippen LogP contribution in [0, 0.1) is 0 Å². The molecule has 1 fully saturated rings. The van der Waals surface area contributed by atoms with Crippen LogP contribution in [0.2, 0.25) is 0 Å². The lowest BCUT2D eigenvalue weighted by atomic mass is 9.85. The van der Waals surface area contributed by atoms with Crippen LogP contribution < -0.4 is 0 Å². The summed E-state index contributed by atoms with van der Waals surface area (Å²) in [5.41, 5.74) is 0. The number of ether oxygens (including phenoxy) is 2. The van der Waals surface area contributed by atoms with E-state index >= 15 is 0 Å². The number of aliphatic hydroxyl groups is 4. The summed E-state index contributed by atoms with van der Waals surface area (Å²) in [6, 6.07) is 0. The minimum atomic E-state index is -1.38. The van der Waals surface area contributed by atoms with E-state index in [-0.39, 0.29) is 0 Å². The molecule has 0 aromatic carbocycles. The molecule has 6 nitrogen and oxygen atoms in total. The van der Waals surface area contributed by atoms with E-state index < -0.39 is 36.6 Å². The van der Waals surface area contributed by atoms with Gasteiger partial charge in [-0.3, -0.25) is 0 Å². The van der Waals surface area contributed by atoms with Gasteiger partial charge in [-0.25, -0.2) is 0 Å². The zero-order valence-corrected chi connectivity index (χ0v) is 8.07. The van der Waals surface area contributed by atoms with E-state index in [2.05, 4.69) is 0 Å². The monoisotopic (exact) mass is 208 g/mol. The third-order valence-corrected chi connectivity index (χ3v) is 2.59. The predicted octanol–water partition coefficient (Wildman–Crippen LogP) is -2.53. The van der Waals surface area contributed by atoms with Crippen LogP contribution in [-0.4, -0.2) is 71.3 Å². The average Bonchev–Trinajstić information content (AvgIpc) is 2.16. The predicted molar refractivity (Wildman–Crippen MR) is 45.6 cm³/mol. The molecule has 0 saturated heterocycles. The maximum atomic E-state index is 9.61. The summed E-state index contributed by atoms with van der Waals surface area (Å²) in [4.78, 5) is 0. The van der Waals surface area contributed by atoms with Gasteiger partial charge in [0.05, 0.1) is 0 Å². The Hall–Kier alpha value is -0.240. The van der Waals surface area contributed by atoms with Crippen LogP contribution in [-0.2, 0) is 9.47 Å². The van der Waals surface area contributed by atoms with E-state index in [0.717, 1.165) is 0 Å². The van der Waals surface area contributed by atoms with Crippen molar-refractivity contribution in [1.82, 2.24) is 0 Å². The maximum absolute atomic E-state index is 9.61. The lowest BCUT2D eigenvalue weighted by Gasteiger charge is -2.42. The quantitative estimate of drug-likeness (QED) is 0.399. The number of hydrogen-bond donors (Lipinski definition) is 4. The second-order valence-corrected chi connectivity index (χ2v) is 3.36. The van der Waals surface area contributed by atoms with Crippen LogP contribution in [0.15, 0.2) is 0 Å². The van der Waals surface area contributed by atoms with Crippen molar-refractivity contribution in [3.8, 4) is 0 Å². The van der Waals surface area contributed by atoms with Crippen molar-refractivity contribution in [3.63, 3.8) is 0 Å². The van der Waals surface area contributed by atoms with Gasteiger partial charge >= 0.3 is 0 Å². The van der Waals surface area contributed by atoms with Gasteiger partial charge in [-0.15, -0.1) is 0 Å². The number of methoxy groups -OCH3 is 2. The molecule has 14 heavy (non-hydrogen) atoms. The maximum Gasteiger partial charge on any atom is 0.114 e.